The lowest BCUT2D eigenvalue weighted by Crippen LogP contribution is -2.03. The number of halogens is 2. The van der Waals surface area contributed by atoms with Gasteiger partial charge in [-0.15, -0.1) is 0 Å². The number of benzene rings is 3. The Balaban J connectivity index is 1.83. The predicted octanol–water partition coefficient (Wildman–Crippen LogP) is 5.58. The molecule has 0 heterocycles. The van der Waals surface area contributed by atoms with Crippen LogP contribution in [0.2, 0.25) is 10.0 Å². The quantitative estimate of drug-likeness (QED) is 0.288. The Labute approximate surface area is 178 Å². The van der Waals surface area contributed by atoms with Gasteiger partial charge in [0.15, 0.2) is 0 Å². The summed E-state index contributed by atoms with van der Waals surface area (Å²) in [5, 5.41) is 24.0. The molecule has 7 heteroatoms. The highest BCUT2D eigenvalue weighted by Gasteiger charge is 2.11. The summed E-state index contributed by atoms with van der Waals surface area (Å²) >= 11 is 13.7. The first-order valence-electron chi connectivity index (χ1n) is 8.64. The molecule has 0 unspecified atom stereocenters. The topological polar surface area (TPSA) is 78.5 Å². The van der Waals surface area contributed by atoms with E-state index in [1.807, 2.05) is 42.5 Å². The maximum Gasteiger partial charge on any atom is 0.142 e. The molecule has 0 amide bonds. The average Bonchev–Trinajstić information content (AvgIpc) is 2.67. The van der Waals surface area contributed by atoms with Crippen molar-refractivity contribution in [2.24, 2.45) is 0 Å². The molecule has 0 aromatic heterocycles. The lowest BCUT2D eigenvalue weighted by Gasteiger charge is -2.15. The van der Waals surface area contributed by atoms with E-state index >= 15 is 0 Å². The van der Waals surface area contributed by atoms with E-state index in [1.54, 1.807) is 23.9 Å². The second-order valence-electron chi connectivity index (χ2n) is 6.21. The minimum absolute atomic E-state index is 0.0650. The molecule has 0 radical (unpaired) electrons. The third kappa shape index (κ3) is 5.26. The first kappa shape index (κ1) is 20.7. The number of phenolic OH excluding ortho intramolecular Hbond substituents is 1. The first-order valence-corrected chi connectivity index (χ1v) is 10.2. The van der Waals surface area contributed by atoms with Crippen LogP contribution in [-0.4, -0.2) is 16.8 Å². The summed E-state index contributed by atoms with van der Waals surface area (Å²) < 4.78 is 0. The maximum atomic E-state index is 10.4. The molecule has 0 bridgehead atoms. The van der Waals surface area contributed by atoms with Crippen molar-refractivity contribution < 1.29 is 10.2 Å². The van der Waals surface area contributed by atoms with Crippen molar-refractivity contribution in [1.29, 1.82) is 0 Å². The van der Waals surface area contributed by atoms with Gasteiger partial charge in [0.25, 0.3) is 0 Å². The van der Waals surface area contributed by atoms with Crippen LogP contribution < -0.4 is 11.1 Å². The third-order valence-electron chi connectivity index (χ3n) is 4.13. The molecule has 5 N–H and O–H groups in total. The molecule has 0 saturated carbocycles. The van der Waals surface area contributed by atoms with Crippen LogP contribution in [0, 0.1) is 0 Å². The van der Waals surface area contributed by atoms with Gasteiger partial charge in [-0.05, 0) is 72.1 Å². The fourth-order valence-electron chi connectivity index (χ4n) is 2.76. The molecule has 0 aliphatic rings. The first-order chi connectivity index (χ1) is 13.5. The molecule has 0 fully saturated rings. The zero-order chi connectivity index (χ0) is 20.1. The van der Waals surface area contributed by atoms with E-state index in [-0.39, 0.29) is 12.4 Å². The number of nitrogens with two attached hydrogens (primary N) is 1. The van der Waals surface area contributed by atoms with Crippen LogP contribution in [0.4, 0.5) is 11.4 Å². The van der Waals surface area contributed by atoms with Crippen LogP contribution in [-0.2, 0) is 13.0 Å². The summed E-state index contributed by atoms with van der Waals surface area (Å²) in [6, 6.07) is 16.7. The smallest absolute Gasteiger partial charge is 0.142 e. The Morgan fingerprint density at radius 2 is 1.68 bits per heavy atom. The van der Waals surface area contributed by atoms with Gasteiger partial charge in [-0.3, -0.25) is 0 Å². The highest BCUT2D eigenvalue weighted by atomic mass is 35.5. The molecule has 0 spiro atoms. The van der Waals surface area contributed by atoms with Crippen molar-refractivity contribution in [2.75, 3.05) is 17.7 Å². The zero-order valence-electron chi connectivity index (χ0n) is 15.0. The van der Waals surface area contributed by atoms with Gasteiger partial charge in [0.05, 0.1) is 5.69 Å². The van der Waals surface area contributed by atoms with E-state index in [9.17, 15) is 5.11 Å². The van der Waals surface area contributed by atoms with Crippen molar-refractivity contribution in [2.45, 2.75) is 22.8 Å². The van der Waals surface area contributed by atoms with Gasteiger partial charge in [-0.2, -0.15) is 0 Å². The number of hydrogen-bond donors (Lipinski definition) is 4. The lowest BCUT2D eigenvalue weighted by molar-refractivity contribution is 0.297. The fraction of sp³-hybridized carbons (Fsp3) is 0.143. The maximum absolute atomic E-state index is 10.4. The molecule has 0 aliphatic heterocycles. The van der Waals surface area contributed by atoms with Gasteiger partial charge in [0.1, 0.15) is 5.75 Å². The number of nitrogens with one attached hydrogen (secondary N) is 1. The van der Waals surface area contributed by atoms with Crippen molar-refractivity contribution in [3.05, 3.63) is 75.8 Å². The molecular formula is C21H20Cl2N2O2S. The fourth-order valence-corrected chi connectivity index (χ4v) is 4.05. The number of aliphatic hydroxyl groups excluding tert-OH is 1. The van der Waals surface area contributed by atoms with Crippen LogP contribution >= 0.6 is 35.0 Å². The Bertz CT molecular complexity index is 965. The Morgan fingerprint density at radius 3 is 2.39 bits per heavy atom. The van der Waals surface area contributed by atoms with Crippen molar-refractivity contribution in [3.8, 4) is 5.75 Å². The number of nitrogen functional groups attached to an aromatic ring is 1. The van der Waals surface area contributed by atoms with Crippen molar-refractivity contribution >= 4 is 46.3 Å². The lowest BCUT2D eigenvalue weighted by atomic mass is 10.1. The van der Waals surface area contributed by atoms with Crippen LogP contribution in [0.15, 0.2) is 64.4 Å². The number of phenols is 1. The van der Waals surface area contributed by atoms with Gasteiger partial charge in [-0.25, -0.2) is 0 Å². The molecule has 0 saturated heterocycles. The third-order valence-corrected chi connectivity index (χ3v) is 5.73. The van der Waals surface area contributed by atoms with Gasteiger partial charge in [0, 0.05) is 38.7 Å². The monoisotopic (exact) mass is 434 g/mol. The van der Waals surface area contributed by atoms with E-state index in [0.717, 1.165) is 15.4 Å². The van der Waals surface area contributed by atoms with Crippen molar-refractivity contribution in [3.63, 3.8) is 0 Å². The number of aliphatic hydroxyl groups is 1. The largest absolute Gasteiger partial charge is 0.505 e. The normalized spacial score (nSPS) is 10.8. The summed E-state index contributed by atoms with van der Waals surface area (Å²) in [5.74, 6) is 0.0919. The van der Waals surface area contributed by atoms with E-state index in [1.165, 1.54) is 0 Å². The summed E-state index contributed by atoms with van der Waals surface area (Å²) in [5.41, 5.74) is 8.74. The Hall–Kier alpha value is -2.05. The SMILES string of the molecule is Nc1ccc(Sc2ccc(Cl)cc2)c(CNc2cc(Cl)cc(CCO)c2O)c1. The molecular weight excluding hydrogens is 415 g/mol. The molecule has 4 nitrogen and oxygen atoms in total. The highest BCUT2D eigenvalue weighted by Crippen LogP contribution is 2.35. The molecule has 3 aromatic carbocycles. The predicted molar refractivity (Wildman–Crippen MR) is 118 cm³/mol. The number of rotatable bonds is 7. The van der Waals surface area contributed by atoms with Crippen LogP contribution in [0.5, 0.6) is 5.75 Å². The van der Waals surface area contributed by atoms with Crippen LogP contribution in [0.25, 0.3) is 0 Å². The van der Waals surface area contributed by atoms with E-state index in [0.29, 0.717) is 39.9 Å². The summed E-state index contributed by atoms with van der Waals surface area (Å²) in [7, 11) is 0. The molecule has 28 heavy (non-hydrogen) atoms. The van der Waals surface area contributed by atoms with E-state index < -0.39 is 0 Å². The number of anilines is 2. The standard InChI is InChI=1S/C21H20Cl2N2O2S/c22-15-1-4-18(5-2-15)28-20-6-3-17(24)10-14(20)12-25-19-11-16(23)9-13(7-8-26)21(19)27/h1-6,9-11,25-27H,7-8,12,24H2. The van der Waals surface area contributed by atoms with Crippen molar-refractivity contribution in [1.82, 2.24) is 0 Å². The molecule has 0 aliphatic carbocycles. The Morgan fingerprint density at radius 1 is 0.929 bits per heavy atom. The minimum Gasteiger partial charge on any atom is -0.505 e. The second kappa shape index (κ2) is 9.43. The van der Waals surface area contributed by atoms with Gasteiger partial charge < -0.3 is 21.3 Å². The summed E-state index contributed by atoms with van der Waals surface area (Å²) in [4.78, 5) is 2.10. The number of aromatic hydroxyl groups is 1. The van der Waals surface area contributed by atoms with Gasteiger partial charge in [-0.1, -0.05) is 35.0 Å². The molecule has 0 atom stereocenters. The van der Waals surface area contributed by atoms with E-state index in [4.69, 9.17) is 34.0 Å². The number of hydrogen-bond acceptors (Lipinski definition) is 5. The summed E-state index contributed by atoms with van der Waals surface area (Å²) in [6.45, 7) is 0.387. The molecule has 146 valence electrons. The molecule has 3 rings (SSSR count). The zero-order valence-corrected chi connectivity index (χ0v) is 17.3. The van der Waals surface area contributed by atoms with Crippen LogP contribution in [0.3, 0.4) is 0 Å². The van der Waals surface area contributed by atoms with Gasteiger partial charge >= 0.3 is 0 Å². The van der Waals surface area contributed by atoms with Gasteiger partial charge in [0.2, 0.25) is 0 Å². The highest BCUT2D eigenvalue weighted by molar-refractivity contribution is 7.99. The minimum atomic E-state index is -0.0650. The average molecular weight is 435 g/mol. The Kier molecular flexibility index (Phi) is 6.97. The molecule has 3 aromatic rings. The summed E-state index contributed by atoms with van der Waals surface area (Å²) in [6.07, 6.45) is 0.330. The van der Waals surface area contributed by atoms with Crippen LogP contribution in [0.1, 0.15) is 11.1 Å². The second-order valence-corrected chi connectivity index (χ2v) is 8.20. The van der Waals surface area contributed by atoms with E-state index in [2.05, 4.69) is 5.32 Å².